The van der Waals surface area contributed by atoms with E-state index in [1.807, 2.05) is 28.9 Å². The number of aromatic nitrogens is 5. The average molecular weight is 503 g/mol. The lowest BCUT2D eigenvalue weighted by molar-refractivity contribution is 0.0541. The smallest absolute Gasteiger partial charge is 0.253 e. The number of rotatable bonds is 9. The first-order valence-corrected chi connectivity index (χ1v) is 13.5. The number of nitrogens with zero attached hydrogens (tertiary/aromatic N) is 5. The van der Waals surface area contributed by atoms with Gasteiger partial charge in [-0.2, -0.15) is 0 Å². The monoisotopic (exact) mass is 502 g/mol. The maximum absolute atomic E-state index is 13.7. The quantitative estimate of drug-likeness (QED) is 0.358. The van der Waals surface area contributed by atoms with E-state index in [1.54, 1.807) is 6.26 Å². The fraction of sp³-hybridized carbons (Fsp3) is 0.500. The lowest BCUT2D eigenvalue weighted by atomic mass is 10.0. The molecule has 0 unspecified atom stereocenters. The molecule has 4 heterocycles. The van der Waals surface area contributed by atoms with Gasteiger partial charge in [0.1, 0.15) is 11.8 Å². The highest BCUT2D eigenvalue weighted by molar-refractivity contribution is 5.80. The van der Waals surface area contributed by atoms with Crippen LogP contribution in [0.4, 0.5) is 0 Å². The molecule has 1 aliphatic carbocycles. The molecule has 37 heavy (non-hydrogen) atoms. The van der Waals surface area contributed by atoms with Crippen LogP contribution < -0.4 is 5.56 Å². The zero-order chi connectivity index (χ0) is 25.2. The summed E-state index contributed by atoms with van der Waals surface area (Å²) in [6.45, 7) is 4.07. The highest BCUT2D eigenvalue weighted by Crippen LogP contribution is 2.35. The fourth-order valence-corrected chi connectivity index (χ4v) is 5.90. The number of aryl methyl sites for hydroxylation is 1. The Morgan fingerprint density at radius 1 is 1.16 bits per heavy atom. The Bertz CT molecular complexity index is 1380. The molecule has 0 bridgehead atoms. The summed E-state index contributed by atoms with van der Waals surface area (Å²) in [5, 5.41) is 14.1. The predicted octanol–water partition coefficient (Wildman–Crippen LogP) is 4.56. The number of tetrazole rings is 1. The van der Waals surface area contributed by atoms with Crippen LogP contribution in [0.3, 0.4) is 0 Å². The minimum atomic E-state index is -0.455. The molecule has 1 saturated carbocycles. The summed E-state index contributed by atoms with van der Waals surface area (Å²) in [5.74, 6) is 1.53. The zero-order valence-corrected chi connectivity index (χ0v) is 21.3. The molecule has 1 saturated heterocycles. The summed E-state index contributed by atoms with van der Waals surface area (Å²) in [7, 11) is 0. The number of hydrogen-bond donors (Lipinski definition) is 1. The van der Waals surface area contributed by atoms with Crippen molar-refractivity contribution in [3.05, 3.63) is 75.7 Å². The minimum Gasteiger partial charge on any atom is -0.468 e. The SMILES string of the molecule is CCc1ccc2[nH]c(=O)c([C@@H](c3nnnn3C3CCCC3)N(Cc3ccco3)C[C@@H]3CCCO3)cc2c1. The molecule has 9 heteroatoms. The van der Waals surface area contributed by atoms with E-state index < -0.39 is 6.04 Å². The van der Waals surface area contributed by atoms with Gasteiger partial charge in [0.05, 0.1) is 25.0 Å². The molecular weight excluding hydrogens is 468 g/mol. The van der Waals surface area contributed by atoms with Gasteiger partial charge in [0.2, 0.25) is 0 Å². The Morgan fingerprint density at radius 2 is 2.05 bits per heavy atom. The van der Waals surface area contributed by atoms with E-state index in [2.05, 4.69) is 44.5 Å². The second-order valence-corrected chi connectivity index (χ2v) is 10.3. The van der Waals surface area contributed by atoms with Crippen molar-refractivity contribution < 1.29 is 9.15 Å². The lowest BCUT2D eigenvalue weighted by Crippen LogP contribution is -2.39. The minimum absolute atomic E-state index is 0.0829. The van der Waals surface area contributed by atoms with Crippen molar-refractivity contribution in [1.82, 2.24) is 30.1 Å². The highest BCUT2D eigenvalue weighted by atomic mass is 16.5. The number of aromatic amines is 1. The molecule has 4 aromatic rings. The molecule has 9 nitrogen and oxygen atoms in total. The van der Waals surface area contributed by atoms with Crippen molar-refractivity contribution in [3.63, 3.8) is 0 Å². The van der Waals surface area contributed by atoms with Gasteiger partial charge >= 0.3 is 0 Å². The zero-order valence-electron chi connectivity index (χ0n) is 21.3. The van der Waals surface area contributed by atoms with Crippen molar-refractivity contribution in [2.24, 2.45) is 0 Å². The van der Waals surface area contributed by atoms with Crippen LogP contribution in [0.25, 0.3) is 10.9 Å². The van der Waals surface area contributed by atoms with E-state index in [9.17, 15) is 4.79 Å². The summed E-state index contributed by atoms with van der Waals surface area (Å²) in [6.07, 6.45) is 9.14. The topological polar surface area (TPSA) is 102 Å². The molecule has 0 spiro atoms. The van der Waals surface area contributed by atoms with Crippen LogP contribution in [0.2, 0.25) is 0 Å². The van der Waals surface area contributed by atoms with Gasteiger partial charge in [-0.05, 0) is 83.8 Å². The van der Waals surface area contributed by atoms with E-state index in [1.165, 1.54) is 5.56 Å². The molecule has 0 radical (unpaired) electrons. The van der Waals surface area contributed by atoms with Gasteiger partial charge in [0.25, 0.3) is 5.56 Å². The Balaban J connectivity index is 1.50. The Labute approximate surface area is 215 Å². The van der Waals surface area contributed by atoms with Crippen molar-refractivity contribution >= 4 is 10.9 Å². The predicted molar refractivity (Wildman–Crippen MR) is 139 cm³/mol. The summed E-state index contributed by atoms with van der Waals surface area (Å²) in [6, 6.07) is 11.9. The molecule has 1 aliphatic heterocycles. The van der Waals surface area contributed by atoms with Gasteiger partial charge in [-0.15, -0.1) is 5.10 Å². The van der Waals surface area contributed by atoms with Crippen LogP contribution >= 0.6 is 0 Å². The number of benzene rings is 1. The Kier molecular flexibility index (Phi) is 6.89. The number of furan rings is 1. The number of H-pyrrole nitrogens is 1. The summed E-state index contributed by atoms with van der Waals surface area (Å²) in [5.41, 5.74) is 2.57. The van der Waals surface area contributed by atoms with Gasteiger partial charge in [-0.3, -0.25) is 9.69 Å². The van der Waals surface area contributed by atoms with Crippen LogP contribution in [0.5, 0.6) is 0 Å². The molecule has 0 amide bonds. The highest BCUT2D eigenvalue weighted by Gasteiger charge is 2.35. The summed E-state index contributed by atoms with van der Waals surface area (Å²) in [4.78, 5) is 19.1. The van der Waals surface area contributed by atoms with E-state index in [0.717, 1.165) is 68.2 Å². The molecule has 2 fully saturated rings. The largest absolute Gasteiger partial charge is 0.468 e. The second kappa shape index (κ2) is 10.6. The van der Waals surface area contributed by atoms with Crippen molar-refractivity contribution in [1.29, 1.82) is 0 Å². The standard InChI is InChI=1S/C28H34N6O3/c1-2-19-11-12-25-20(15-19)16-24(28(35)29-25)26(27-30-31-32-34(27)21-7-3-4-8-21)33(17-22-9-5-13-36-22)18-23-10-6-14-37-23/h5,9,11-13,15-16,21,23,26H,2-4,6-8,10,14,17-18H2,1H3,(H,29,35)/t23-,26-/m0/s1. The van der Waals surface area contributed by atoms with Gasteiger partial charge in [0, 0.05) is 24.2 Å². The van der Waals surface area contributed by atoms with Crippen LogP contribution in [0.1, 0.15) is 80.2 Å². The van der Waals surface area contributed by atoms with Crippen LogP contribution in [0, 0.1) is 0 Å². The molecule has 3 aromatic heterocycles. The molecule has 1 aromatic carbocycles. The molecule has 6 rings (SSSR count). The maximum atomic E-state index is 13.7. The van der Waals surface area contributed by atoms with Gasteiger partial charge < -0.3 is 14.1 Å². The van der Waals surface area contributed by atoms with Crippen LogP contribution in [-0.2, 0) is 17.7 Å². The van der Waals surface area contributed by atoms with E-state index in [-0.39, 0.29) is 17.7 Å². The van der Waals surface area contributed by atoms with Crippen molar-refractivity contribution in [2.75, 3.05) is 13.2 Å². The van der Waals surface area contributed by atoms with Crippen LogP contribution in [0.15, 0.2) is 51.9 Å². The summed E-state index contributed by atoms with van der Waals surface area (Å²) >= 11 is 0. The number of ether oxygens (including phenoxy) is 1. The fourth-order valence-electron chi connectivity index (χ4n) is 5.90. The maximum Gasteiger partial charge on any atom is 0.253 e. The molecule has 194 valence electrons. The first-order valence-electron chi connectivity index (χ1n) is 13.5. The Morgan fingerprint density at radius 3 is 2.81 bits per heavy atom. The first kappa shape index (κ1) is 24.1. The number of nitrogens with one attached hydrogen (secondary N) is 1. The average Bonchev–Trinajstić information content (AvgIpc) is 3.73. The number of pyridine rings is 1. The second-order valence-electron chi connectivity index (χ2n) is 10.3. The van der Waals surface area contributed by atoms with E-state index >= 15 is 0 Å². The molecule has 2 aliphatic rings. The molecular formula is C28H34N6O3. The van der Waals surface area contributed by atoms with Gasteiger partial charge in [-0.1, -0.05) is 25.8 Å². The molecule has 1 N–H and O–H groups in total. The third-order valence-corrected chi connectivity index (χ3v) is 7.84. The molecule has 2 atom stereocenters. The van der Waals surface area contributed by atoms with Crippen molar-refractivity contribution in [3.8, 4) is 0 Å². The summed E-state index contributed by atoms with van der Waals surface area (Å²) < 4.78 is 13.8. The third kappa shape index (κ3) is 4.98. The van der Waals surface area contributed by atoms with Crippen LogP contribution in [-0.4, -0.2) is 49.3 Å². The first-order chi connectivity index (χ1) is 18.2. The van der Waals surface area contributed by atoms with Gasteiger partial charge in [-0.25, -0.2) is 4.68 Å². The van der Waals surface area contributed by atoms with Crippen molar-refractivity contribution in [2.45, 2.75) is 76.6 Å². The Hall–Kier alpha value is -3.30. The number of hydrogen-bond acceptors (Lipinski definition) is 7. The van der Waals surface area contributed by atoms with E-state index in [0.29, 0.717) is 24.5 Å². The lowest BCUT2D eigenvalue weighted by Gasteiger charge is -2.32. The normalized spacial score (nSPS) is 19.4. The van der Waals surface area contributed by atoms with Gasteiger partial charge in [0.15, 0.2) is 5.82 Å². The number of fused-ring (bicyclic) bond motifs is 1. The van der Waals surface area contributed by atoms with E-state index in [4.69, 9.17) is 9.15 Å². The third-order valence-electron chi connectivity index (χ3n) is 7.84.